The van der Waals surface area contributed by atoms with Crippen LogP contribution in [0.5, 0.6) is 0 Å². The summed E-state index contributed by atoms with van der Waals surface area (Å²) in [5.74, 6) is 0. The first-order chi connectivity index (χ1) is 9.70. The van der Waals surface area contributed by atoms with Gasteiger partial charge in [-0.15, -0.1) is 0 Å². The Morgan fingerprint density at radius 3 is 2.40 bits per heavy atom. The molecule has 2 rings (SSSR count). The van der Waals surface area contributed by atoms with E-state index in [2.05, 4.69) is 49.1 Å². The first kappa shape index (κ1) is 15.5. The molecule has 1 aliphatic rings. The van der Waals surface area contributed by atoms with Crippen LogP contribution in [0.3, 0.4) is 0 Å². The molecule has 0 amide bonds. The number of hydrogen-bond acceptors (Lipinski definition) is 2. The molecule has 1 unspecified atom stereocenters. The highest BCUT2D eigenvalue weighted by molar-refractivity contribution is 5.14. The maximum Gasteiger partial charge on any atom is 0.0620 e. The number of nitrogens with zero attached hydrogens (tertiary/aromatic N) is 1. The molecule has 20 heavy (non-hydrogen) atoms. The van der Waals surface area contributed by atoms with Gasteiger partial charge in [0.25, 0.3) is 0 Å². The van der Waals surface area contributed by atoms with E-state index in [4.69, 9.17) is 0 Å². The van der Waals surface area contributed by atoms with Crippen LogP contribution in [0.4, 0.5) is 0 Å². The monoisotopic (exact) mass is 275 g/mol. The summed E-state index contributed by atoms with van der Waals surface area (Å²) in [5, 5.41) is 10.5. The third-order valence-electron chi connectivity index (χ3n) is 4.71. The smallest absolute Gasteiger partial charge is 0.0620 e. The van der Waals surface area contributed by atoms with Gasteiger partial charge in [0.2, 0.25) is 0 Å². The average Bonchev–Trinajstić information content (AvgIpc) is 2.45. The van der Waals surface area contributed by atoms with Gasteiger partial charge in [0.1, 0.15) is 0 Å². The van der Waals surface area contributed by atoms with Crippen molar-refractivity contribution in [2.45, 2.75) is 58.6 Å². The fraction of sp³-hybridized carbons (Fsp3) is 0.667. The number of likely N-dealkylation sites (tertiary alicyclic amines) is 1. The van der Waals surface area contributed by atoms with Crippen molar-refractivity contribution in [1.29, 1.82) is 0 Å². The zero-order valence-corrected chi connectivity index (χ0v) is 13.0. The van der Waals surface area contributed by atoms with E-state index in [0.29, 0.717) is 0 Å². The fourth-order valence-corrected chi connectivity index (χ4v) is 3.83. The van der Waals surface area contributed by atoms with Crippen molar-refractivity contribution in [3.05, 3.63) is 35.9 Å². The Hall–Kier alpha value is -0.860. The Balaban J connectivity index is 2.06. The van der Waals surface area contributed by atoms with Crippen LogP contribution < -0.4 is 0 Å². The van der Waals surface area contributed by atoms with Gasteiger partial charge in [0.05, 0.1) is 6.10 Å². The third kappa shape index (κ3) is 3.62. The van der Waals surface area contributed by atoms with E-state index >= 15 is 0 Å². The molecule has 1 aromatic carbocycles. The number of aliphatic hydroxyl groups excluding tert-OH is 1. The number of piperidine rings is 1. The maximum absolute atomic E-state index is 10.5. The summed E-state index contributed by atoms with van der Waals surface area (Å²) < 4.78 is 0. The highest BCUT2D eigenvalue weighted by Crippen LogP contribution is 2.39. The highest BCUT2D eigenvalue weighted by atomic mass is 16.3. The molecule has 2 nitrogen and oxygen atoms in total. The lowest BCUT2D eigenvalue weighted by molar-refractivity contribution is -0.0596. The maximum atomic E-state index is 10.5. The molecule has 2 heteroatoms. The average molecular weight is 275 g/mol. The summed E-state index contributed by atoms with van der Waals surface area (Å²) in [6.07, 6.45) is 5.43. The molecule has 0 saturated carbocycles. The predicted molar refractivity (Wildman–Crippen MR) is 84.6 cm³/mol. The lowest BCUT2D eigenvalue weighted by Gasteiger charge is -2.46. The zero-order valence-electron chi connectivity index (χ0n) is 13.0. The second-order valence-corrected chi connectivity index (χ2v) is 6.36. The molecule has 1 N–H and O–H groups in total. The van der Waals surface area contributed by atoms with Gasteiger partial charge in [-0.25, -0.2) is 0 Å². The van der Waals surface area contributed by atoms with Crippen LogP contribution in [0.15, 0.2) is 30.3 Å². The minimum absolute atomic E-state index is 0.116. The van der Waals surface area contributed by atoms with Gasteiger partial charge in [0, 0.05) is 25.0 Å². The molecule has 112 valence electrons. The van der Waals surface area contributed by atoms with Gasteiger partial charge in [-0.3, -0.25) is 4.90 Å². The largest absolute Gasteiger partial charge is 0.392 e. The predicted octanol–water partition coefficient (Wildman–Crippen LogP) is 3.84. The normalized spacial score (nSPS) is 22.9. The van der Waals surface area contributed by atoms with E-state index in [-0.39, 0.29) is 11.5 Å². The molecule has 1 fully saturated rings. The van der Waals surface area contributed by atoms with E-state index in [1.807, 2.05) is 0 Å². The Kier molecular flexibility index (Phi) is 5.62. The molecule has 0 bridgehead atoms. The van der Waals surface area contributed by atoms with Crippen LogP contribution in [-0.4, -0.2) is 29.2 Å². The summed E-state index contributed by atoms with van der Waals surface area (Å²) >= 11 is 0. The number of hydrogen-bond donors (Lipinski definition) is 1. The number of aliphatic hydroxyl groups is 1. The van der Waals surface area contributed by atoms with Gasteiger partial charge < -0.3 is 5.11 Å². The molecule has 1 aliphatic heterocycles. The van der Waals surface area contributed by atoms with Gasteiger partial charge in [-0.05, 0) is 24.8 Å². The molecular formula is C18H29NO. The minimum Gasteiger partial charge on any atom is -0.392 e. The van der Waals surface area contributed by atoms with Crippen molar-refractivity contribution in [3.63, 3.8) is 0 Å². The highest BCUT2D eigenvalue weighted by Gasteiger charge is 2.40. The lowest BCUT2D eigenvalue weighted by Crippen LogP contribution is -2.51. The molecule has 0 aliphatic carbocycles. The van der Waals surface area contributed by atoms with Crippen LogP contribution in [0.1, 0.15) is 51.5 Å². The van der Waals surface area contributed by atoms with Gasteiger partial charge in [-0.1, -0.05) is 57.0 Å². The summed E-state index contributed by atoms with van der Waals surface area (Å²) in [5.41, 5.74) is 1.50. The van der Waals surface area contributed by atoms with Gasteiger partial charge in [0.15, 0.2) is 0 Å². The fourth-order valence-electron chi connectivity index (χ4n) is 3.83. The van der Waals surface area contributed by atoms with E-state index in [0.717, 1.165) is 51.7 Å². The van der Waals surface area contributed by atoms with Crippen LogP contribution in [0.25, 0.3) is 0 Å². The molecule has 0 spiro atoms. The van der Waals surface area contributed by atoms with Crippen molar-refractivity contribution in [1.82, 2.24) is 4.90 Å². The van der Waals surface area contributed by atoms with Gasteiger partial charge >= 0.3 is 0 Å². The molecule has 1 heterocycles. The van der Waals surface area contributed by atoms with Crippen molar-refractivity contribution in [2.75, 3.05) is 13.1 Å². The van der Waals surface area contributed by atoms with Crippen LogP contribution in [0, 0.1) is 5.41 Å². The van der Waals surface area contributed by atoms with Crippen molar-refractivity contribution >= 4 is 0 Å². The molecule has 0 aromatic heterocycles. The first-order valence-corrected chi connectivity index (χ1v) is 8.14. The Labute approximate surface area is 123 Å². The second kappa shape index (κ2) is 7.24. The van der Waals surface area contributed by atoms with Crippen molar-refractivity contribution in [3.8, 4) is 0 Å². The molecule has 1 saturated heterocycles. The van der Waals surface area contributed by atoms with Gasteiger partial charge in [-0.2, -0.15) is 0 Å². The minimum atomic E-state index is -0.116. The summed E-state index contributed by atoms with van der Waals surface area (Å²) in [6, 6.07) is 10.7. The standard InChI is InChI=1S/C18H29NO/c1-3-11-18(12-4-2)15-19(13-10-17(18)20)14-16-8-6-5-7-9-16/h5-9,17,20H,3-4,10-15H2,1-2H3. The Morgan fingerprint density at radius 1 is 1.15 bits per heavy atom. The van der Waals surface area contributed by atoms with E-state index < -0.39 is 0 Å². The van der Waals surface area contributed by atoms with E-state index in [9.17, 15) is 5.11 Å². The first-order valence-electron chi connectivity index (χ1n) is 8.14. The zero-order chi connectivity index (χ0) is 14.4. The summed E-state index contributed by atoms with van der Waals surface area (Å²) in [6.45, 7) is 7.55. The lowest BCUT2D eigenvalue weighted by atomic mass is 9.71. The number of benzene rings is 1. The number of rotatable bonds is 6. The van der Waals surface area contributed by atoms with E-state index in [1.165, 1.54) is 5.56 Å². The van der Waals surface area contributed by atoms with Crippen LogP contribution >= 0.6 is 0 Å². The van der Waals surface area contributed by atoms with Crippen molar-refractivity contribution in [2.24, 2.45) is 5.41 Å². The SMILES string of the molecule is CCCC1(CCC)CN(Cc2ccccc2)CCC1O. The quantitative estimate of drug-likeness (QED) is 0.852. The topological polar surface area (TPSA) is 23.5 Å². The summed E-state index contributed by atoms with van der Waals surface area (Å²) in [7, 11) is 0. The Bertz CT molecular complexity index is 384. The van der Waals surface area contributed by atoms with Crippen molar-refractivity contribution < 1.29 is 5.11 Å². The molecule has 1 atom stereocenters. The Morgan fingerprint density at radius 2 is 1.80 bits per heavy atom. The van der Waals surface area contributed by atoms with Crippen LogP contribution in [-0.2, 0) is 6.54 Å². The molecule has 0 radical (unpaired) electrons. The third-order valence-corrected chi connectivity index (χ3v) is 4.71. The second-order valence-electron chi connectivity index (χ2n) is 6.36. The molecule has 1 aromatic rings. The van der Waals surface area contributed by atoms with Crippen LogP contribution in [0.2, 0.25) is 0 Å². The summed E-state index contributed by atoms with van der Waals surface area (Å²) in [4.78, 5) is 2.54. The van der Waals surface area contributed by atoms with E-state index in [1.54, 1.807) is 0 Å². The molecular weight excluding hydrogens is 246 g/mol.